The molecular weight excluding hydrogens is 284 g/mol. The summed E-state index contributed by atoms with van der Waals surface area (Å²) in [6, 6.07) is 11.2. The number of hydrogen-bond donors (Lipinski definition) is 1. The van der Waals surface area contributed by atoms with Crippen molar-refractivity contribution in [2.45, 2.75) is 13.8 Å². The number of aryl methyl sites for hydroxylation is 1. The number of ether oxygens (including phenoxy) is 1. The first-order valence-corrected chi connectivity index (χ1v) is 6.81. The van der Waals surface area contributed by atoms with Gasteiger partial charge in [0.2, 0.25) is 0 Å². The van der Waals surface area contributed by atoms with Gasteiger partial charge in [-0.15, -0.1) is 0 Å². The highest BCUT2D eigenvalue weighted by Gasteiger charge is 2.14. The number of non-ortho nitro benzene ring substituents is 1. The van der Waals surface area contributed by atoms with Crippen molar-refractivity contribution >= 4 is 17.3 Å². The molecule has 114 valence electrons. The van der Waals surface area contributed by atoms with Gasteiger partial charge in [0, 0.05) is 17.8 Å². The third-order valence-electron chi connectivity index (χ3n) is 3.10. The molecule has 1 N–H and O–H groups in total. The Hall–Kier alpha value is -2.89. The first kappa shape index (κ1) is 15.5. The molecule has 0 aromatic heterocycles. The zero-order valence-electron chi connectivity index (χ0n) is 12.3. The number of benzene rings is 2. The molecule has 22 heavy (non-hydrogen) atoms. The molecule has 6 nitrogen and oxygen atoms in total. The Labute approximate surface area is 127 Å². The van der Waals surface area contributed by atoms with Crippen LogP contribution in [0.4, 0.5) is 11.4 Å². The molecular formula is C16H16N2O4. The molecule has 0 aliphatic carbocycles. The van der Waals surface area contributed by atoms with Gasteiger partial charge in [0.05, 0.1) is 17.1 Å². The van der Waals surface area contributed by atoms with E-state index in [0.717, 1.165) is 0 Å². The molecule has 0 fully saturated rings. The van der Waals surface area contributed by atoms with E-state index >= 15 is 0 Å². The van der Waals surface area contributed by atoms with Crippen LogP contribution >= 0.6 is 0 Å². The Bertz CT molecular complexity index is 713. The van der Waals surface area contributed by atoms with E-state index in [1.807, 2.05) is 6.92 Å². The number of anilines is 1. The zero-order chi connectivity index (χ0) is 16.1. The summed E-state index contributed by atoms with van der Waals surface area (Å²) in [6.07, 6.45) is 0. The van der Waals surface area contributed by atoms with Crippen LogP contribution in [0.5, 0.6) is 5.75 Å². The normalized spacial score (nSPS) is 10.1. The van der Waals surface area contributed by atoms with Crippen LogP contribution in [0.15, 0.2) is 42.5 Å². The highest BCUT2D eigenvalue weighted by atomic mass is 16.6. The molecule has 2 aromatic carbocycles. The van der Waals surface area contributed by atoms with Gasteiger partial charge in [-0.1, -0.05) is 12.1 Å². The molecule has 0 aliphatic rings. The van der Waals surface area contributed by atoms with Crippen LogP contribution in [0.2, 0.25) is 0 Å². The van der Waals surface area contributed by atoms with Crippen molar-refractivity contribution in [2.24, 2.45) is 0 Å². The Morgan fingerprint density at radius 3 is 2.64 bits per heavy atom. The lowest BCUT2D eigenvalue weighted by Crippen LogP contribution is -2.14. The van der Waals surface area contributed by atoms with Crippen LogP contribution in [-0.2, 0) is 0 Å². The van der Waals surface area contributed by atoms with Gasteiger partial charge >= 0.3 is 0 Å². The lowest BCUT2D eigenvalue weighted by Gasteiger charge is -2.11. The molecule has 0 radical (unpaired) electrons. The predicted octanol–water partition coefficient (Wildman–Crippen LogP) is 3.55. The monoisotopic (exact) mass is 300 g/mol. The molecule has 0 bridgehead atoms. The van der Waals surface area contributed by atoms with E-state index in [9.17, 15) is 14.9 Å². The van der Waals surface area contributed by atoms with E-state index in [0.29, 0.717) is 29.2 Å². The number of nitro benzene ring substituents is 1. The number of carbonyl (C=O) groups is 1. The van der Waals surface area contributed by atoms with Crippen molar-refractivity contribution in [3.8, 4) is 5.75 Å². The summed E-state index contributed by atoms with van der Waals surface area (Å²) in [5.74, 6) is 0.183. The van der Waals surface area contributed by atoms with E-state index in [2.05, 4.69) is 5.32 Å². The minimum Gasteiger partial charge on any atom is -0.493 e. The Morgan fingerprint density at radius 1 is 1.27 bits per heavy atom. The van der Waals surface area contributed by atoms with Gasteiger partial charge in [-0.05, 0) is 37.6 Å². The van der Waals surface area contributed by atoms with E-state index in [4.69, 9.17) is 4.74 Å². The van der Waals surface area contributed by atoms with Gasteiger partial charge in [-0.2, -0.15) is 0 Å². The predicted molar refractivity (Wildman–Crippen MR) is 83.4 cm³/mol. The van der Waals surface area contributed by atoms with Gasteiger partial charge < -0.3 is 10.1 Å². The average molecular weight is 300 g/mol. The number of amides is 1. The van der Waals surface area contributed by atoms with Crippen molar-refractivity contribution in [3.05, 3.63) is 63.7 Å². The smallest absolute Gasteiger partial charge is 0.269 e. The van der Waals surface area contributed by atoms with Crippen molar-refractivity contribution in [1.29, 1.82) is 0 Å². The van der Waals surface area contributed by atoms with E-state index in [1.165, 1.54) is 18.2 Å². The van der Waals surface area contributed by atoms with E-state index < -0.39 is 4.92 Å². The minimum atomic E-state index is -0.469. The van der Waals surface area contributed by atoms with Crippen LogP contribution in [0.25, 0.3) is 0 Å². The van der Waals surface area contributed by atoms with Crippen molar-refractivity contribution in [1.82, 2.24) is 0 Å². The fraction of sp³-hybridized carbons (Fsp3) is 0.188. The summed E-state index contributed by atoms with van der Waals surface area (Å²) in [5.41, 5.74) is 1.56. The molecule has 0 spiro atoms. The number of nitro groups is 1. The summed E-state index contributed by atoms with van der Waals surface area (Å²) in [7, 11) is 0. The number of nitrogens with zero attached hydrogens (tertiary/aromatic N) is 1. The fourth-order valence-electron chi connectivity index (χ4n) is 2.03. The molecule has 1 amide bonds. The first-order chi connectivity index (χ1) is 10.5. The van der Waals surface area contributed by atoms with Crippen LogP contribution in [0.1, 0.15) is 22.8 Å². The maximum Gasteiger partial charge on any atom is 0.269 e. The van der Waals surface area contributed by atoms with Crippen molar-refractivity contribution < 1.29 is 14.5 Å². The van der Waals surface area contributed by atoms with Crippen LogP contribution in [0.3, 0.4) is 0 Å². The van der Waals surface area contributed by atoms with Gasteiger partial charge in [0.25, 0.3) is 11.6 Å². The highest BCUT2D eigenvalue weighted by Crippen LogP contribution is 2.24. The standard InChI is InChI=1S/C16H16N2O4/c1-3-22-15-7-5-4-6-13(15)16(19)17-14-9-8-12(18(20)21)10-11(14)2/h4-10H,3H2,1-2H3,(H,17,19). The molecule has 0 unspecified atom stereocenters. The van der Waals surface area contributed by atoms with Crippen molar-refractivity contribution in [3.63, 3.8) is 0 Å². The van der Waals surface area contributed by atoms with Gasteiger partial charge in [0.1, 0.15) is 5.75 Å². The summed E-state index contributed by atoms with van der Waals surface area (Å²) < 4.78 is 5.43. The lowest BCUT2D eigenvalue weighted by molar-refractivity contribution is -0.384. The summed E-state index contributed by atoms with van der Waals surface area (Å²) in [5, 5.41) is 13.5. The molecule has 0 saturated carbocycles. The summed E-state index contributed by atoms with van der Waals surface area (Å²) in [6.45, 7) is 4.01. The summed E-state index contributed by atoms with van der Waals surface area (Å²) >= 11 is 0. The molecule has 0 atom stereocenters. The first-order valence-electron chi connectivity index (χ1n) is 6.81. The van der Waals surface area contributed by atoms with Gasteiger partial charge in [0.15, 0.2) is 0 Å². The maximum atomic E-state index is 12.4. The summed E-state index contributed by atoms with van der Waals surface area (Å²) in [4.78, 5) is 22.6. The average Bonchev–Trinajstić information content (AvgIpc) is 2.50. The number of para-hydroxylation sites is 1. The zero-order valence-corrected chi connectivity index (χ0v) is 12.3. The van der Waals surface area contributed by atoms with Gasteiger partial charge in [-0.25, -0.2) is 0 Å². The molecule has 0 saturated heterocycles. The van der Waals surface area contributed by atoms with Crippen LogP contribution in [-0.4, -0.2) is 17.4 Å². The number of carbonyl (C=O) groups excluding carboxylic acids is 1. The number of hydrogen-bond acceptors (Lipinski definition) is 4. The van der Waals surface area contributed by atoms with Crippen molar-refractivity contribution in [2.75, 3.05) is 11.9 Å². The minimum absolute atomic E-state index is 0.00906. The van der Waals surface area contributed by atoms with E-state index in [-0.39, 0.29) is 11.6 Å². The third kappa shape index (κ3) is 3.41. The second kappa shape index (κ2) is 6.71. The molecule has 6 heteroatoms. The number of rotatable bonds is 5. The molecule has 0 heterocycles. The molecule has 2 rings (SSSR count). The van der Waals surface area contributed by atoms with E-state index in [1.54, 1.807) is 31.2 Å². The second-order valence-corrected chi connectivity index (χ2v) is 4.64. The van der Waals surface area contributed by atoms with Crippen LogP contribution in [0, 0.1) is 17.0 Å². The Balaban J connectivity index is 2.24. The Kier molecular flexibility index (Phi) is 4.73. The molecule has 2 aromatic rings. The topological polar surface area (TPSA) is 81.5 Å². The largest absolute Gasteiger partial charge is 0.493 e. The highest BCUT2D eigenvalue weighted by molar-refractivity contribution is 6.06. The second-order valence-electron chi connectivity index (χ2n) is 4.64. The number of nitrogens with one attached hydrogen (secondary N) is 1. The molecule has 0 aliphatic heterocycles. The fourth-order valence-corrected chi connectivity index (χ4v) is 2.03. The third-order valence-corrected chi connectivity index (χ3v) is 3.10. The SMILES string of the molecule is CCOc1ccccc1C(=O)Nc1ccc([N+](=O)[O-])cc1C. The lowest BCUT2D eigenvalue weighted by atomic mass is 10.1. The van der Waals surface area contributed by atoms with Gasteiger partial charge in [-0.3, -0.25) is 14.9 Å². The van der Waals surface area contributed by atoms with Crippen LogP contribution < -0.4 is 10.1 Å². The quantitative estimate of drug-likeness (QED) is 0.676. The Morgan fingerprint density at radius 2 is 2.00 bits per heavy atom. The maximum absolute atomic E-state index is 12.4.